The van der Waals surface area contributed by atoms with Crippen LogP contribution in [0.4, 0.5) is 11.6 Å². The van der Waals surface area contributed by atoms with Crippen LogP contribution in [0.2, 0.25) is 6.82 Å². The van der Waals surface area contributed by atoms with E-state index in [2.05, 4.69) is 31.4 Å². The number of hydrogen-bond donors (Lipinski definition) is 2. The number of aromatic nitrogens is 6. The molecule has 5 rings (SSSR count). The minimum Gasteiger partial charge on any atom is -0.437 e. The van der Waals surface area contributed by atoms with Crippen molar-refractivity contribution in [1.29, 1.82) is 0 Å². The van der Waals surface area contributed by atoms with Crippen molar-refractivity contribution >= 4 is 24.3 Å². The first kappa shape index (κ1) is 19.7. The molecule has 1 aliphatic rings. The number of piperidine rings is 1. The van der Waals surface area contributed by atoms with Gasteiger partial charge in [0, 0.05) is 42.6 Å². The van der Waals surface area contributed by atoms with Crippen molar-refractivity contribution in [1.82, 2.24) is 34.2 Å². The molecule has 10 heteroatoms. The molecular formula is C21H25BN8O. The summed E-state index contributed by atoms with van der Waals surface area (Å²) in [6.45, 7) is 3.51. The Labute approximate surface area is 180 Å². The molecular weight excluding hydrogens is 391 g/mol. The summed E-state index contributed by atoms with van der Waals surface area (Å²) in [5.74, 6) is 1.78. The third-order valence-corrected chi connectivity index (χ3v) is 5.83. The molecule has 0 radical (unpaired) electrons. The summed E-state index contributed by atoms with van der Waals surface area (Å²) in [5.41, 5.74) is 3.67. The minimum absolute atomic E-state index is 0.231. The molecule has 1 saturated heterocycles. The Bertz CT molecular complexity index is 1190. The van der Waals surface area contributed by atoms with Gasteiger partial charge in [-0.2, -0.15) is 14.7 Å². The Balaban J connectivity index is 1.61. The van der Waals surface area contributed by atoms with Gasteiger partial charge in [-0.3, -0.25) is 4.68 Å². The SMILES string of the molecule is CB(O)N1CCCC(c2cc(Nc3ccccn3)n3ncc(-c4cnn(C)c4)c3n2)C1. The third-order valence-electron chi connectivity index (χ3n) is 5.83. The lowest BCUT2D eigenvalue weighted by molar-refractivity contribution is 0.283. The van der Waals surface area contributed by atoms with E-state index in [0.717, 1.165) is 60.0 Å². The first-order chi connectivity index (χ1) is 15.1. The van der Waals surface area contributed by atoms with Crippen LogP contribution in [-0.4, -0.2) is 59.3 Å². The maximum absolute atomic E-state index is 10.1. The van der Waals surface area contributed by atoms with E-state index in [4.69, 9.17) is 4.98 Å². The number of anilines is 2. The fraction of sp³-hybridized carbons (Fsp3) is 0.333. The van der Waals surface area contributed by atoms with Gasteiger partial charge in [0.1, 0.15) is 11.6 Å². The zero-order valence-electron chi connectivity index (χ0n) is 17.7. The maximum Gasteiger partial charge on any atom is 0.376 e. The van der Waals surface area contributed by atoms with Crippen LogP contribution in [0.3, 0.4) is 0 Å². The van der Waals surface area contributed by atoms with E-state index in [0.29, 0.717) is 0 Å². The predicted octanol–water partition coefficient (Wildman–Crippen LogP) is 2.56. The van der Waals surface area contributed by atoms with E-state index >= 15 is 0 Å². The molecule has 9 nitrogen and oxygen atoms in total. The second-order valence-electron chi connectivity index (χ2n) is 8.07. The van der Waals surface area contributed by atoms with Crippen LogP contribution in [0.5, 0.6) is 0 Å². The average molecular weight is 416 g/mol. The lowest BCUT2D eigenvalue weighted by Gasteiger charge is -2.33. The highest BCUT2D eigenvalue weighted by molar-refractivity contribution is 6.45. The summed E-state index contributed by atoms with van der Waals surface area (Å²) >= 11 is 0. The van der Waals surface area contributed by atoms with Gasteiger partial charge in [-0.15, -0.1) is 0 Å². The Kier molecular flexibility index (Phi) is 5.17. The van der Waals surface area contributed by atoms with Crippen LogP contribution in [0.1, 0.15) is 24.5 Å². The van der Waals surface area contributed by atoms with Gasteiger partial charge in [0.05, 0.1) is 18.1 Å². The molecule has 0 aliphatic carbocycles. The number of rotatable bonds is 5. The Morgan fingerprint density at radius 2 is 2.13 bits per heavy atom. The molecule has 158 valence electrons. The second kappa shape index (κ2) is 8.12. The van der Waals surface area contributed by atoms with Crippen LogP contribution in [0.15, 0.2) is 49.1 Å². The normalized spacial score (nSPS) is 17.2. The number of pyridine rings is 1. The number of nitrogens with zero attached hydrogens (tertiary/aromatic N) is 7. The molecule has 2 N–H and O–H groups in total. The molecule has 1 unspecified atom stereocenters. The van der Waals surface area contributed by atoms with Crippen LogP contribution in [0, 0.1) is 0 Å². The van der Waals surface area contributed by atoms with Crippen molar-refractivity contribution in [2.24, 2.45) is 7.05 Å². The van der Waals surface area contributed by atoms with E-state index < -0.39 is 7.05 Å². The summed E-state index contributed by atoms with van der Waals surface area (Å²) in [4.78, 5) is 11.5. The molecule has 1 atom stereocenters. The summed E-state index contributed by atoms with van der Waals surface area (Å²) in [6.07, 6.45) is 9.44. The van der Waals surface area contributed by atoms with Crippen LogP contribution in [0.25, 0.3) is 16.8 Å². The van der Waals surface area contributed by atoms with Crippen LogP contribution in [-0.2, 0) is 7.05 Å². The van der Waals surface area contributed by atoms with Gasteiger partial charge in [-0.05, 0) is 44.9 Å². The van der Waals surface area contributed by atoms with E-state index in [1.165, 1.54) is 0 Å². The van der Waals surface area contributed by atoms with Gasteiger partial charge in [0.2, 0.25) is 0 Å². The van der Waals surface area contributed by atoms with Crippen molar-refractivity contribution in [2.45, 2.75) is 25.6 Å². The fourth-order valence-corrected chi connectivity index (χ4v) is 4.20. The molecule has 0 spiro atoms. The first-order valence-corrected chi connectivity index (χ1v) is 10.6. The van der Waals surface area contributed by atoms with Crippen molar-refractivity contribution in [2.75, 3.05) is 18.4 Å². The molecule has 1 fully saturated rings. The van der Waals surface area contributed by atoms with Gasteiger partial charge in [-0.25, -0.2) is 9.97 Å². The maximum atomic E-state index is 10.1. The average Bonchev–Trinajstić information content (AvgIpc) is 3.40. The zero-order valence-corrected chi connectivity index (χ0v) is 17.7. The van der Waals surface area contributed by atoms with Crippen molar-refractivity contribution in [3.63, 3.8) is 0 Å². The van der Waals surface area contributed by atoms with E-state index in [9.17, 15) is 5.02 Å². The molecule has 4 aromatic rings. The van der Waals surface area contributed by atoms with E-state index in [1.807, 2.05) is 55.2 Å². The molecule has 0 bridgehead atoms. The highest BCUT2D eigenvalue weighted by atomic mass is 16.2. The summed E-state index contributed by atoms with van der Waals surface area (Å²) < 4.78 is 3.59. The molecule has 0 saturated carbocycles. The van der Waals surface area contributed by atoms with Crippen LogP contribution < -0.4 is 5.32 Å². The molecule has 5 heterocycles. The highest BCUT2D eigenvalue weighted by Gasteiger charge is 2.28. The predicted molar refractivity (Wildman–Crippen MR) is 120 cm³/mol. The molecule has 4 aromatic heterocycles. The largest absolute Gasteiger partial charge is 0.437 e. The standard InChI is InChI=1S/C21H25BN8O/c1-22(31)29-9-5-6-15(14-29)18-10-20(27-19-7-3-4-8-23-19)30-21(26-18)17(12-25-30)16-11-24-28(2)13-16/h3-4,7-8,10-13,15,31H,5-6,9,14H2,1-2H3,(H,23,27). The van der Waals surface area contributed by atoms with E-state index in [-0.39, 0.29) is 5.92 Å². The van der Waals surface area contributed by atoms with Gasteiger partial charge in [0.15, 0.2) is 5.65 Å². The topological polar surface area (TPSA) is 96.4 Å². The Morgan fingerprint density at radius 3 is 2.87 bits per heavy atom. The number of aryl methyl sites for hydroxylation is 1. The summed E-state index contributed by atoms with van der Waals surface area (Å²) in [5, 5.41) is 22.4. The Morgan fingerprint density at radius 1 is 1.23 bits per heavy atom. The highest BCUT2D eigenvalue weighted by Crippen LogP contribution is 2.32. The number of nitrogens with one attached hydrogen (secondary N) is 1. The van der Waals surface area contributed by atoms with E-state index in [1.54, 1.807) is 10.9 Å². The molecule has 1 aliphatic heterocycles. The lowest BCUT2D eigenvalue weighted by Crippen LogP contribution is -2.43. The minimum atomic E-state index is -0.460. The molecule has 0 amide bonds. The Hall–Kier alpha value is -3.24. The first-order valence-electron chi connectivity index (χ1n) is 10.6. The number of fused-ring (bicyclic) bond motifs is 1. The smallest absolute Gasteiger partial charge is 0.376 e. The van der Waals surface area contributed by atoms with Crippen molar-refractivity contribution in [3.05, 3.63) is 54.7 Å². The van der Waals surface area contributed by atoms with Gasteiger partial charge < -0.3 is 15.2 Å². The van der Waals surface area contributed by atoms with Gasteiger partial charge >= 0.3 is 7.05 Å². The van der Waals surface area contributed by atoms with Crippen LogP contribution >= 0.6 is 0 Å². The van der Waals surface area contributed by atoms with Crippen molar-refractivity contribution in [3.8, 4) is 11.1 Å². The summed E-state index contributed by atoms with van der Waals surface area (Å²) in [7, 11) is 1.44. The quantitative estimate of drug-likeness (QED) is 0.483. The monoisotopic (exact) mass is 416 g/mol. The van der Waals surface area contributed by atoms with Gasteiger partial charge in [0.25, 0.3) is 0 Å². The zero-order chi connectivity index (χ0) is 21.4. The fourth-order valence-electron chi connectivity index (χ4n) is 4.20. The number of hydrogen-bond acceptors (Lipinski definition) is 7. The van der Waals surface area contributed by atoms with Gasteiger partial charge in [-0.1, -0.05) is 6.07 Å². The molecule has 31 heavy (non-hydrogen) atoms. The third kappa shape index (κ3) is 3.91. The van der Waals surface area contributed by atoms with Crippen molar-refractivity contribution < 1.29 is 5.02 Å². The lowest BCUT2D eigenvalue weighted by atomic mass is 9.80. The second-order valence-corrected chi connectivity index (χ2v) is 8.07. The molecule has 0 aromatic carbocycles. The summed E-state index contributed by atoms with van der Waals surface area (Å²) in [6, 6.07) is 7.81.